The second-order valence-corrected chi connectivity index (χ2v) is 3.51. The van der Waals surface area contributed by atoms with Crippen molar-refractivity contribution in [2.45, 2.75) is 6.04 Å². The zero-order chi connectivity index (χ0) is 10.1. The Balaban J connectivity index is 2.21. The Hall–Kier alpha value is -1.42. The normalized spacial score (nSPS) is 29.0. The minimum Gasteiger partial charge on any atom is -0.324 e. The number of likely N-dealkylation sites (N-methyl/N-ethyl adjacent to an activating group) is 1. The smallest absolute Gasteiger partial charge is 0.176 e. The van der Waals surface area contributed by atoms with E-state index in [2.05, 4.69) is 5.10 Å². The first-order valence-electron chi connectivity index (χ1n) is 4.62. The highest BCUT2D eigenvalue weighted by Gasteiger charge is 2.28. The van der Waals surface area contributed by atoms with Crippen LogP contribution in [0.15, 0.2) is 28.9 Å². The van der Waals surface area contributed by atoms with Crippen molar-refractivity contribution in [1.29, 1.82) is 0 Å². The highest BCUT2D eigenvalue weighted by Crippen LogP contribution is 2.24. The number of fused-ring (bicyclic) bond motifs is 1. The van der Waals surface area contributed by atoms with Gasteiger partial charge in [0, 0.05) is 24.8 Å². The van der Waals surface area contributed by atoms with Crippen LogP contribution >= 0.6 is 0 Å². The Morgan fingerprint density at radius 2 is 2.50 bits per heavy atom. The monoisotopic (exact) mass is 191 g/mol. The molecule has 2 rings (SSSR count). The predicted octanol–water partition coefficient (Wildman–Crippen LogP) is -0.0736. The molecule has 0 aromatic carbocycles. The molecule has 1 aliphatic carbocycles. The third-order valence-electron chi connectivity index (χ3n) is 2.60. The Bertz CT molecular complexity index is 343. The van der Waals surface area contributed by atoms with Gasteiger partial charge in [0.15, 0.2) is 5.78 Å². The number of nitrogens with two attached hydrogens (primary N) is 1. The summed E-state index contributed by atoms with van der Waals surface area (Å²) in [5.41, 5.74) is 6.01. The third-order valence-corrected chi connectivity index (χ3v) is 2.60. The summed E-state index contributed by atoms with van der Waals surface area (Å²) in [5.74, 6) is 0.286. The van der Waals surface area contributed by atoms with E-state index in [9.17, 15) is 4.79 Å². The maximum absolute atomic E-state index is 11.4. The molecule has 0 saturated carbocycles. The lowest BCUT2D eigenvalue weighted by Gasteiger charge is -2.22. The van der Waals surface area contributed by atoms with Gasteiger partial charge in [0.2, 0.25) is 0 Å². The first kappa shape index (κ1) is 9.15. The van der Waals surface area contributed by atoms with Crippen LogP contribution in [0, 0.1) is 5.92 Å². The summed E-state index contributed by atoms with van der Waals surface area (Å²) in [5, 5.41) is 6.03. The van der Waals surface area contributed by atoms with Crippen molar-refractivity contribution < 1.29 is 4.79 Å². The molecule has 2 N–H and O–H groups in total. The van der Waals surface area contributed by atoms with Crippen LogP contribution in [0.25, 0.3) is 0 Å². The molecule has 2 atom stereocenters. The van der Waals surface area contributed by atoms with Crippen LogP contribution in [-0.2, 0) is 4.79 Å². The molecule has 1 aliphatic heterocycles. The first-order chi connectivity index (χ1) is 6.72. The molecule has 0 amide bonds. The fourth-order valence-corrected chi connectivity index (χ4v) is 1.74. The van der Waals surface area contributed by atoms with Gasteiger partial charge in [0.25, 0.3) is 0 Å². The Labute approximate surface area is 82.8 Å². The quantitative estimate of drug-likeness (QED) is 0.664. The lowest BCUT2D eigenvalue weighted by atomic mass is 9.92. The molecule has 0 aromatic heterocycles. The second kappa shape index (κ2) is 3.38. The number of Topliss-reactive ketones (excluding diaryl/α,β-unsaturated/α-hetero) is 1. The number of allylic oxidation sites excluding steroid dienone is 1. The van der Waals surface area contributed by atoms with Gasteiger partial charge in [-0.3, -0.25) is 9.80 Å². The summed E-state index contributed by atoms with van der Waals surface area (Å²) in [6.07, 6.45) is 7.66. The van der Waals surface area contributed by atoms with Gasteiger partial charge in [-0.1, -0.05) is 12.2 Å². The van der Waals surface area contributed by atoms with Crippen molar-refractivity contribution >= 4 is 12.0 Å². The molecule has 0 aromatic rings. The van der Waals surface area contributed by atoms with Crippen molar-refractivity contribution in [1.82, 2.24) is 5.01 Å². The van der Waals surface area contributed by atoms with E-state index in [1.165, 1.54) is 0 Å². The molecular weight excluding hydrogens is 178 g/mol. The fourth-order valence-electron chi connectivity index (χ4n) is 1.74. The summed E-state index contributed by atoms with van der Waals surface area (Å²) >= 11 is 0. The largest absolute Gasteiger partial charge is 0.324 e. The Morgan fingerprint density at radius 3 is 3.21 bits per heavy atom. The van der Waals surface area contributed by atoms with Gasteiger partial charge in [-0.05, 0) is 6.08 Å². The molecule has 0 fully saturated rings. The number of rotatable bonds is 2. The summed E-state index contributed by atoms with van der Waals surface area (Å²) in [7, 11) is 1.90. The van der Waals surface area contributed by atoms with Gasteiger partial charge in [-0.2, -0.15) is 5.10 Å². The molecule has 0 saturated heterocycles. The average molecular weight is 191 g/mol. The summed E-state index contributed by atoms with van der Waals surface area (Å²) in [4.78, 5) is 11.4. The predicted molar refractivity (Wildman–Crippen MR) is 54.8 cm³/mol. The molecule has 0 radical (unpaired) electrons. The molecule has 1 heterocycles. The van der Waals surface area contributed by atoms with Gasteiger partial charge in [-0.15, -0.1) is 0 Å². The maximum Gasteiger partial charge on any atom is 0.176 e. The van der Waals surface area contributed by atoms with E-state index < -0.39 is 0 Å². The number of carbonyl (C=O) groups excluding carboxylic acids is 1. The van der Waals surface area contributed by atoms with Crippen molar-refractivity contribution in [3.8, 4) is 0 Å². The van der Waals surface area contributed by atoms with Crippen molar-refractivity contribution in [3.63, 3.8) is 0 Å². The Kier molecular flexibility index (Phi) is 2.21. The fraction of sp³-hybridized carbons (Fsp3) is 0.400. The number of hydrazone groups is 1. The molecule has 74 valence electrons. The van der Waals surface area contributed by atoms with Crippen molar-refractivity contribution in [3.05, 3.63) is 23.8 Å². The standard InChI is InChI=1S/C10H13N3O/c1-13-9-4-7(10(14)5-11)2-3-8(9)6-12-13/h2-4,6,8-9H,5,11H2,1H3. The van der Waals surface area contributed by atoms with E-state index in [4.69, 9.17) is 5.73 Å². The number of hydrogen-bond donors (Lipinski definition) is 1. The summed E-state index contributed by atoms with van der Waals surface area (Å²) in [6, 6.07) is 0.186. The van der Waals surface area contributed by atoms with Gasteiger partial charge < -0.3 is 5.73 Å². The van der Waals surface area contributed by atoms with E-state index in [1.54, 1.807) is 0 Å². The highest BCUT2D eigenvalue weighted by molar-refractivity contribution is 6.00. The third kappa shape index (κ3) is 1.37. The molecule has 0 bridgehead atoms. The zero-order valence-electron chi connectivity index (χ0n) is 8.05. The average Bonchev–Trinajstić information content (AvgIpc) is 2.59. The molecular formula is C10H13N3O. The molecule has 2 unspecified atom stereocenters. The van der Waals surface area contributed by atoms with Crippen LogP contribution in [0.2, 0.25) is 0 Å². The summed E-state index contributed by atoms with van der Waals surface area (Å²) in [6.45, 7) is 0.0676. The minimum atomic E-state index is -0.0139. The van der Waals surface area contributed by atoms with E-state index in [-0.39, 0.29) is 18.4 Å². The number of carbonyl (C=O) groups is 1. The molecule has 14 heavy (non-hydrogen) atoms. The number of ketones is 1. The SMILES string of the molecule is CN1N=CC2C=CC(C(=O)CN)=CC21. The van der Waals surface area contributed by atoms with E-state index in [0.717, 1.165) is 0 Å². The van der Waals surface area contributed by atoms with Gasteiger partial charge in [-0.25, -0.2) is 0 Å². The van der Waals surface area contributed by atoms with Crippen LogP contribution < -0.4 is 5.73 Å². The van der Waals surface area contributed by atoms with E-state index in [1.807, 2.05) is 36.5 Å². The van der Waals surface area contributed by atoms with E-state index >= 15 is 0 Å². The lowest BCUT2D eigenvalue weighted by Crippen LogP contribution is -2.30. The maximum atomic E-state index is 11.4. The zero-order valence-corrected chi connectivity index (χ0v) is 8.05. The Morgan fingerprint density at radius 1 is 1.71 bits per heavy atom. The number of nitrogens with zero attached hydrogens (tertiary/aromatic N) is 2. The molecule has 0 spiro atoms. The van der Waals surface area contributed by atoms with Crippen molar-refractivity contribution in [2.75, 3.05) is 13.6 Å². The van der Waals surface area contributed by atoms with Crippen molar-refractivity contribution in [2.24, 2.45) is 16.8 Å². The van der Waals surface area contributed by atoms with Gasteiger partial charge in [0.1, 0.15) is 0 Å². The molecule has 4 nitrogen and oxygen atoms in total. The lowest BCUT2D eigenvalue weighted by molar-refractivity contribution is -0.114. The molecule has 4 heteroatoms. The topological polar surface area (TPSA) is 58.7 Å². The van der Waals surface area contributed by atoms with Crippen LogP contribution in [-0.4, -0.2) is 36.6 Å². The number of hydrogen-bond acceptors (Lipinski definition) is 4. The first-order valence-corrected chi connectivity index (χ1v) is 4.62. The summed E-state index contributed by atoms with van der Waals surface area (Å²) < 4.78 is 0. The van der Waals surface area contributed by atoms with Gasteiger partial charge in [0.05, 0.1) is 12.6 Å². The highest BCUT2D eigenvalue weighted by atomic mass is 16.1. The second-order valence-electron chi connectivity index (χ2n) is 3.51. The van der Waals surface area contributed by atoms with Crippen LogP contribution in [0.1, 0.15) is 0 Å². The van der Waals surface area contributed by atoms with E-state index in [0.29, 0.717) is 11.5 Å². The van der Waals surface area contributed by atoms with Gasteiger partial charge >= 0.3 is 0 Å². The van der Waals surface area contributed by atoms with Crippen LogP contribution in [0.4, 0.5) is 0 Å². The minimum absolute atomic E-state index is 0.0139. The van der Waals surface area contributed by atoms with Crippen LogP contribution in [0.3, 0.4) is 0 Å². The van der Waals surface area contributed by atoms with Crippen LogP contribution in [0.5, 0.6) is 0 Å². The molecule has 2 aliphatic rings.